The van der Waals surface area contributed by atoms with Gasteiger partial charge in [-0.15, -0.1) is 0 Å². The lowest BCUT2D eigenvalue weighted by Crippen LogP contribution is -2.52. The number of aromatic nitrogens is 3. The number of piperidine rings is 3. The Hall–Kier alpha value is -5.14. The Balaban J connectivity index is 0.819. The predicted octanol–water partition coefficient (Wildman–Crippen LogP) is 3.36. The van der Waals surface area contributed by atoms with Gasteiger partial charge in [0.1, 0.15) is 6.04 Å². The van der Waals surface area contributed by atoms with Crippen molar-refractivity contribution in [3.8, 4) is 5.88 Å². The molecular formula is C38H42N8O5. The zero-order chi connectivity index (χ0) is 35.1. The molecule has 3 fully saturated rings. The maximum atomic E-state index is 13.1. The third kappa shape index (κ3) is 6.71. The summed E-state index contributed by atoms with van der Waals surface area (Å²) in [5.74, 6) is 0.195. The lowest BCUT2D eigenvalue weighted by atomic mass is 9.83. The van der Waals surface area contributed by atoms with E-state index in [1.54, 1.807) is 30.3 Å². The van der Waals surface area contributed by atoms with E-state index in [2.05, 4.69) is 59.7 Å². The molecule has 13 heteroatoms. The van der Waals surface area contributed by atoms with Gasteiger partial charge in [-0.3, -0.25) is 24.6 Å². The van der Waals surface area contributed by atoms with E-state index in [0.717, 1.165) is 62.1 Å². The fourth-order valence-corrected chi connectivity index (χ4v) is 7.84. The van der Waals surface area contributed by atoms with Gasteiger partial charge in [0.2, 0.25) is 23.6 Å². The van der Waals surface area contributed by atoms with Gasteiger partial charge in [-0.25, -0.2) is 4.98 Å². The summed E-state index contributed by atoms with van der Waals surface area (Å²) in [5.41, 5.74) is 4.28. The van der Waals surface area contributed by atoms with E-state index in [9.17, 15) is 19.5 Å². The summed E-state index contributed by atoms with van der Waals surface area (Å²) in [5, 5.41) is 18.4. The van der Waals surface area contributed by atoms with Gasteiger partial charge in [0.15, 0.2) is 5.65 Å². The number of benzene rings is 2. The molecule has 13 nitrogen and oxygen atoms in total. The highest BCUT2D eigenvalue weighted by molar-refractivity contribution is 6.05. The number of fused-ring (bicyclic) bond motifs is 2. The van der Waals surface area contributed by atoms with Crippen LogP contribution in [0.15, 0.2) is 60.8 Å². The number of nitrogens with one attached hydrogen (secondary N) is 2. The standard InChI is InChI=1S/C38H42N8O5/c1-51-33-11-4-25-21-39-37(43-34(25)42-33)40-28-12-16-45(17-13-28)29-6-2-24(3-7-29)22-44-18-14-38(50,15-19-44)27-5-8-30-26(20-27)23-46(36(30)49)31-9-10-32(47)41-35(31)48/h2-8,11,20-21,28,31,50H,9-10,12-19,22-23H2,1H3,(H,41,47,48)(H,39,40,42,43). The van der Waals surface area contributed by atoms with Crippen molar-refractivity contribution in [2.75, 3.05) is 43.5 Å². The summed E-state index contributed by atoms with van der Waals surface area (Å²) in [6.45, 7) is 4.49. The molecule has 0 saturated carbocycles. The molecule has 2 aromatic carbocycles. The van der Waals surface area contributed by atoms with Crippen LogP contribution in [-0.2, 0) is 28.3 Å². The molecule has 4 aliphatic rings. The Bertz CT molecular complexity index is 1970. The largest absolute Gasteiger partial charge is 0.481 e. The third-order valence-electron chi connectivity index (χ3n) is 10.9. The Morgan fingerprint density at radius 1 is 0.961 bits per heavy atom. The first-order valence-corrected chi connectivity index (χ1v) is 17.8. The first kappa shape index (κ1) is 33.0. The van der Waals surface area contributed by atoms with E-state index >= 15 is 0 Å². The van der Waals surface area contributed by atoms with E-state index in [1.165, 1.54) is 11.3 Å². The van der Waals surface area contributed by atoms with Crippen LogP contribution in [0.3, 0.4) is 0 Å². The number of amides is 3. The molecule has 0 radical (unpaired) electrons. The van der Waals surface area contributed by atoms with E-state index < -0.39 is 17.6 Å². The highest BCUT2D eigenvalue weighted by Crippen LogP contribution is 2.37. The quantitative estimate of drug-likeness (QED) is 0.234. The molecule has 3 saturated heterocycles. The van der Waals surface area contributed by atoms with Crippen LogP contribution in [0.4, 0.5) is 11.6 Å². The summed E-state index contributed by atoms with van der Waals surface area (Å²) in [6.07, 6.45) is 5.47. The van der Waals surface area contributed by atoms with Crippen molar-refractivity contribution in [3.05, 3.63) is 83.0 Å². The number of rotatable bonds is 8. The molecule has 1 atom stereocenters. The second-order valence-electron chi connectivity index (χ2n) is 14.1. The topological polar surface area (TPSA) is 153 Å². The highest BCUT2D eigenvalue weighted by atomic mass is 16.5. The number of aliphatic hydroxyl groups is 1. The van der Waals surface area contributed by atoms with Crippen molar-refractivity contribution in [3.63, 3.8) is 0 Å². The molecule has 3 amide bonds. The summed E-state index contributed by atoms with van der Waals surface area (Å²) >= 11 is 0. The molecule has 1 unspecified atom stereocenters. The number of ether oxygens (including phenoxy) is 1. The smallest absolute Gasteiger partial charge is 0.255 e. The van der Waals surface area contributed by atoms with Crippen LogP contribution in [0, 0.1) is 0 Å². The fraction of sp³-hybridized carbons (Fsp3) is 0.421. The number of carbonyl (C=O) groups is 3. The van der Waals surface area contributed by atoms with Crippen LogP contribution < -0.4 is 20.3 Å². The van der Waals surface area contributed by atoms with Crippen molar-refractivity contribution in [2.24, 2.45) is 0 Å². The first-order valence-electron chi connectivity index (χ1n) is 17.8. The number of anilines is 2. The number of hydrogen-bond acceptors (Lipinski definition) is 11. The van der Waals surface area contributed by atoms with Crippen molar-refractivity contribution in [2.45, 2.75) is 69.3 Å². The lowest BCUT2D eigenvalue weighted by molar-refractivity contribution is -0.136. The van der Waals surface area contributed by atoms with Gasteiger partial charge in [-0.05, 0) is 73.1 Å². The minimum atomic E-state index is -0.980. The Kier molecular flexibility index (Phi) is 8.76. The number of methoxy groups -OCH3 is 1. The number of carbonyl (C=O) groups excluding carboxylic acids is 3. The molecule has 4 aliphatic heterocycles. The molecule has 8 rings (SSSR count). The summed E-state index contributed by atoms with van der Waals surface area (Å²) in [6, 6.07) is 17.7. The number of pyridine rings is 1. The van der Waals surface area contributed by atoms with E-state index in [-0.39, 0.29) is 24.3 Å². The summed E-state index contributed by atoms with van der Waals surface area (Å²) in [7, 11) is 1.60. The maximum absolute atomic E-state index is 13.1. The van der Waals surface area contributed by atoms with E-state index in [0.29, 0.717) is 48.8 Å². The average molecular weight is 691 g/mol. The van der Waals surface area contributed by atoms with Crippen molar-refractivity contribution < 1.29 is 24.2 Å². The Morgan fingerprint density at radius 2 is 1.75 bits per heavy atom. The van der Waals surface area contributed by atoms with Gasteiger partial charge in [-0.1, -0.05) is 24.3 Å². The fourth-order valence-electron chi connectivity index (χ4n) is 7.84. The van der Waals surface area contributed by atoms with Gasteiger partial charge >= 0.3 is 0 Å². The number of nitrogens with zero attached hydrogens (tertiary/aromatic N) is 6. The summed E-state index contributed by atoms with van der Waals surface area (Å²) < 4.78 is 5.24. The molecule has 2 aromatic heterocycles. The predicted molar refractivity (Wildman–Crippen MR) is 190 cm³/mol. The zero-order valence-corrected chi connectivity index (χ0v) is 28.7. The molecule has 264 valence electrons. The molecule has 3 N–H and O–H groups in total. The van der Waals surface area contributed by atoms with E-state index in [1.807, 2.05) is 18.2 Å². The summed E-state index contributed by atoms with van der Waals surface area (Å²) in [4.78, 5) is 57.0. The van der Waals surface area contributed by atoms with Crippen LogP contribution in [0.1, 0.15) is 65.6 Å². The lowest BCUT2D eigenvalue weighted by Gasteiger charge is -2.39. The van der Waals surface area contributed by atoms with Gasteiger partial charge in [0.05, 0.1) is 12.7 Å². The molecule has 4 aromatic rings. The second kappa shape index (κ2) is 13.5. The van der Waals surface area contributed by atoms with Gasteiger partial charge in [0, 0.05) is 80.6 Å². The zero-order valence-electron chi connectivity index (χ0n) is 28.7. The SMILES string of the molecule is COc1ccc2cnc(NC3CCN(c4ccc(CN5CCC(O)(c6ccc7c(c6)CN(C6CCC(=O)NC6=O)C7=O)CC5)cc4)CC3)nc2n1. The van der Waals surface area contributed by atoms with Crippen molar-refractivity contribution >= 4 is 40.4 Å². The monoisotopic (exact) mass is 690 g/mol. The van der Waals surface area contributed by atoms with Crippen molar-refractivity contribution in [1.29, 1.82) is 0 Å². The van der Waals surface area contributed by atoms with Crippen LogP contribution in [0.2, 0.25) is 0 Å². The number of likely N-dealkylation sites (tertiary alicyclic amines) is 1. The molecular weight excluding hydrogens is 648 g/mol. The minimum Gasteiger partial charge on any atom is -0.481 e. The first-order chi connectivity index (χ1) is 24.7. The van der Waals surface area contributed by atoms with Crippen molar-refractivity contribution in [1.82, 2.24) is 30.1 Å². The van der Waals surface area contributed by atoms with Gasteiger partial charge in [-0.2, -0.15) is 9.97 Å². The van der Waals surface area contributed by atoms with E-state index in [4.69, 9.17) is 4.74 Å². The van der Waals surface area contributed by atoms with Gasteiger partial charge in [0.25, 0.3) is 5.91 Å². The molecule has 0 bridgehead atoms. The highest BCUT2D eigenvalue weighted by Gasteiger charge is 2.41. The third-order valence-corrected chi connectivity index (χ3v) is 10.9. The number of hydrogen-bond donors (Lipinski definition) is 3. The molecule has 6 heterocycles. The second-order valence-corrected chi connectivity index (χ2v) is 14.1. The van der Waals surface area contributed by atoms with Crippen LogP contribution in [0.5, 0.6) is 5.88 Å². The Labute approximate surface area is 296 Å². The molecule has 51 heavy (non-hydrogen) atoms. The van der Waals surface area contributed by atoms with Gasteiger partial charge < -0.3 is 25.0 Å². The van der Waals surface area contributed by atoms with Crippen LogP contribution in [-0.4, -0.2) is 93.0 Å². The molecule has 0 aliphatic carbocycles. The molecule has 0 spiro atoms. The maximum Gasteiger partial charge on any atom is 0.255 e. The van der Waals surface area contributed by atoms with Crippen LogP contribution in [0.25, 0.3) is 11.0 Å². The average Bonchev–Trinajstić information content (AvgIpc) is 3.48. The normalized spacial score (nSPS) is 21.1. The number of imide groups is 1. The minimum absolute atomic E-state index is 0.202. The Morgan fingerprint density at radius 3 is 2.49 bits per heavy atom. The van der Waals surface area contributed by atoms with Crippen LogP contribution >= 0.6 is 0 Å².